The minimum atomic E-state index is -0.454. The quantitative estimate of drug-likeness (QED) is 0.629. The van der Waals surface area contributed by atoms with E-state index >= 15 is 0 Å². The summed E-state index contributed by atoms with van der Waals surface area (Å²) < 4.78 is 0. The lowest BCUT2D eigenvalue weighted by molar-refractivity contribution is -0.385. The minimum absolute atomic E-state index is 0.00320. The third kappa shape index (κ3) is 4.69. The Balaban J connectivity index is 1.67. The number of hydrogen-bond acceptors (Lipinski definition) is 4. The zero-order valence-electron chi connectivity index (χ0n) is 16.5. The Morgan fingerprint density at radius 2 is 1.75 bits per heavy atom. The highest BCUT2D eigenvalue weighted by Crippen LogP contribution is 2.25. The number of benzene rings is 1. The third-order valence-corrected chi connectivity index (χ3v) is 5.91. The Labute approximate surface area is 165 Å². The van der Waals surface area contributed by atoms with Crippen molar-refractivity contribution in [3.8, 4) is 0 Å². The van der Waals surface area contributed by atoms with E-state index in [2.05, 4.69) is 5.32 Å². The summed E-state index contributed by atoms with van der Waals surface area (Å²) in [7, 11) is 0. The van der Waals surface area contributed by atoms with E-state index in [1.54, 1.807) is 17.9 Å². The maximum atomic E-state index is 13.0. The molecular formula is C21H29N3O4. The van der Waals surface area contributed by atoms with Crippen molar-refractivity contribution in [2.24, 2.45) is 0 Å². The number of nitrogens with zero attached hydrogens (tertiary/aromatic N) is 2. The summed E-state index contributed by atoms with van der Waals surface area (Å²) >= 11 is 0. The van der Waals surface area contributed by atoms with Crippen LogP contribution in [-0.2, 0) is 4.79 Å². The highest BCUT2D eigenvalue weighted by atomic mass is 16.6. The van der Waals surface area contributed by atoms with Gasteiger partial charge in [0, 0.05) is 29.8 Å². The van der Waals surface area contributed by atoms with Crippen molar-refractivity contribution in [2.75, 3.05) is 6.54 Å². The first-order valence-electron chi connectivity index (χ1n) is 10.3. The fraction of sp³-hybridized carbons (Fsp3) is 0.619. The van der Waals surface area contributed by atoms with Crippen LogP contribution in [0.3, 0.4) is 0 Å². The van der Waals surface area contributed by atoms with E-state index in [0.29, 0.717) is 24.1 Å². The van der Waals surface area contributed by atoms with Gasteiger partial charge in [-0.25, -0.2) is 0 Å². The molecule has 2 aliphatic rings. The van der Waals surface area contributed by atoms with Crippen LogP contribution in [0.4, 0.5) is 5.69 Å². The number of hydrogen-bond donors (Lipinski definition) is 1. The van der Waals surface area contributed by atoms with Crippen LogP contribution in [-0.4, -0.2) is 40.3 Å². The number of carbonyl (C=O) groups excluding carboxylic acids is 2. The third-order valence-electron chi connectivity index (χ3n) is 5.91. The maximum absolute atomic E-state index is 13.0. The Bertz CT molecular complexity index is 741. The van der Waals surface area contributed by atoms with Crippen molar-refractivity contribution in [1.82, 2.24) is 10.2 Å². The predicted octanol–water partition coefficient (Wildman–Crippen LogP) is 3.74. The monoisotopic (exact) mass is 387 g/mol. The molecule has 1 saturated heterocycles. The lowest BCUT2D eigenvalue weighted by Crippen LogP contribution is -2.49. The van der Waals surface area contributed by atoms with E-state index in [9.17, 15) is 19.7 Å². The van der Waals surface area contributed by atoms with E-state index in [1.165, 1.54) is 31.4 Å². The second kappa shape index (κ2) is 9.17. The second-order valence-corrected chi connectivity index (χ2v) is 7.97. The number of carbonyl (C=O) groups is 2. The fourth-order valence-electron chi connectivity index (χ4n) is 4.34. The van der Waals surface area contributed by atoms with Gasteiger partial charge in [-0.05, 0) is 44.7 Å². The zero-order valence-corrected chi connectivity index (χ0v) is 16.5. The van der Waals surface area contributed by atoms with E-state index < -0.39 is 11.0 Å². The first kappa shape index (κ1) is 20.3. The molecule has 0 bridgehead atoms. The fourth-order valence-corrected chi connectivity index (χ4v) is 4.34. The van der Waals surface area contributed by atoms with Gasteiger partial charge in [-0.15, -0.1) is 0 Å². The Morgan fingerprint density at radius 1 is 1.07 bits per heavy atom. The van der Waals surface area contributed by atoms with Crippen molar-refractivity contribution in [3.05, 3.63) is 39.4 Å². The molecule has 1 aromatic carbocycles. The van der Waals surface area contributed by atoms with Gasteiger partial charge in [-0.3, -0.25) is 19.7 Å². The number of amides is 2. The van der Waals surface area contributed by atoms with Crippen LogP contribution in [0.1, 0.15) is 73.7 Å². The highest BCUT2D eigenvalue weighted by molar-refractivity contribution is 5.98. The molecule has 0 radical (unpaired) electrons. The van der Waals surface area contributed by atoms with Gasteiger partial charge in [0.1, 0.15) is 6.04 Å². The van der Waals surface area contributed by atoms with E-state index in [4.69, 9.17) is 0 Å². The molecule has 2 amide bonds. The number of nitro groups is 1. The lowest BCUT2D eigenvalue weighted by atomic mass is 9.96. The molecule has 1 saturated carbocycles. The Hall–Kier alpha value is -2.44. The summed E-state index contributed by atoms with van der Waals surface area (Å²) in [6.45, 7) is 2.16. The van der Waals surface area contributed by atoms with Crippen LogP contribution in [0.2, 0.25) is 0 Å². The lowest BCUT2D eigenvalue weighted by Gasteiger charge is -2.27. The standard InChI is InChI=1S/C21H29N3O4/c1-15-14-16(11-12-18(15)24(27)28)21(26)23-13-7-10-19(23)20(25)22-17-8-5-3-2-4-6-9-17/h11-12,14,17,19H,2-10,13H2,1H3,(H,22,25). The Morgan fingerprint density at radius 3 is 2.39 bits per heavy atom. The van der Waals surface area contributed by atoms with Gasteiger partial charge in [-0.1, -0.05) is 32.1 Å². The molecular weight excluding hydrogens is 358 g/mol. The van der Waals surface area contributed by atoms with E-state index in [0.717, 1.165) is 32.1 Å². The number of rotatable bonds is 4. The molecule has 1 aliphatic heterocycles. The van der Waals surface area contributed by atoms with Crippen LogP contribution in [0.25, 0.3) is 0 Å². The topological polar surface area (TPSA) is 92.6 Å². The van der Waals surface area contributed by atoms with Gasteiger partial charge < -0.3 is 10.2 Å². The molecule has 1 aromatic rings. The molecule has 1 unspecified atom stereocenters. The smallest absolute Gasteiger partial charge is 0.272 e. The number of likely N-dealkylation sites (tertiary alicyclic amines) is 1. The molecule has 7 nitrogen and oxygen atoms in total. The summed E-state index contributed by atoms with van der Waals surface area (Å²) in [5.41, 5.74) is 0.843. The molecule has 1 N–H and O–H groups in total. The molecule has 1 aliphatic carbocycles. The minimum Gasteiger partial charge on any atom is -0.352 e. The summed E-state index contributed by atoms with van der Waals surface area (Å²) in [6.07, 6.45) is 9.47. The van der Waals surface area contributed by atoms with Crippen molar-refractivity contribution in [1.29, 1.82) is 0 Å². The van der Waals surface area contributed by atoms with Crippen molar-refractivity contribution >= 4 is 17.5 Å². The van der Waals surface area contributed by atoms with Crippen molar-refractivity contribution < 1.29 is 14.5 Å². The van der Waals surface area contributed by atoms with Gasteiger partial charge >= 0.3 is 0 Å². The molecule has 3 rings (SSSR count). The molecule has 152 valence electrons. The van der Waals surface area contributed by atoms with Crippen molar-refractivity contribution in [2.45, 2.75) is 76.8 Å². The van der Waals surface area contributed by atoms with E-state index in [1.807, 2.05) is 0 Å². The van der Waals surface area contributed by atoms with Crippen LogP contribution < -0.4 is 5.32 Å². The molecule has 0 spiro atoms. The normalized spacial score (nSPS) is 21.0. The van der Waals surface area contributed by atoms with Crippen LogP contribution >= 0.6 is 0 Å². The highest BCUT2D eigenvalue weighted by Gasteiger charge is 2.35. The van der Waals surface area contributed by atoms with Gasteiger partial charge in [-0.2, -0.15) is 0 Å². The average Bonchev–Trinajstić information content (AvgIpc) is 3.12. The molecule has 28 heavy (non-hydrogen) atoms. The van der Waals surface area contributed by atoms with Crippen molar-refractivity contribution in [3.63, 3.8) is 0 Å². The van der Waals surface area contributed by atoms with E-state index in [-0.39, 0.29) is 23.5 Å². The van der Waals surface area contributed by atoms with Gasteiger partial charge in [0.25, 0.3) is 11.6 Å². The Kier molecular flexibility index (Phi) is 6.65. The summed E-state index contributed by atoms with van der Waals surface area (Å²) in [4.78, 5) is 38.0. The predicted molar refractivity (Wildman–Crippen MR) is 106 cm³/mol. The van der Waals surface area contributed by atoms with Gasteiger partial charge in [0.15, 0.2) is 0 Å². The number of aryl methyl sites for hydroxylation is 1. The second-order valence-electron chi connectivity index (χ2n) is 7.97. The number of nitro benzene ring substituents is 1. The summed E-state index contributed by atoms with van der Waals surface area (Å²) in [6, 6.07) is 4.14. The van der Waals surface area contributed by atoms with Gasteiger partial charge in [0.2, 0.25) is 5.91 Å². The first-order chi connectivity index (χ1) is 13.5. The molecule has 1 heterocycles. The molecule has 7 heteroatoms. The van der Waals surface area contributed by atoms with Crippen LogP contribution in [0.15, 0.2) is 18.2 Å². The summed E-state index contributed by atoms with van der Waals surface area (Å²) in [5.74, 6) is -0.289. The van der Waals surface area contributed by atoms with Crippen LogP contribution in [0.5, 0.6) is 0 Å². The largest absolute Gasteiger partial charge is 0.352 e. The first-order valence-corrected chi connectivity index (χ1v) is 10.3. The maximum Gasteiger partial charge on any atom is 0.272 e. The molecule has 0 aromatic heterocycles. The van der Waals surface area contributed by atoms with Gasteiger partial charge in [0.05, 0.1) is 4.92 Å². The molecule has 2 fully saturated rings. The molecule has 1 atom stereocenters. The average molecular weight is 387 g/mol. The van der Waals surface area contributed by atoms with Crippen LogP contribution in [0, 0.1) is 17.0 Å². The SMILES string of the molecule is Cc1cc(C(=O)N2CCCC2C(=O)NC2CCCCCCC2)ccc1[N+](=O)[O-]. The summed E-state index contributed by atoms with van der Waals surface area (Å²) in [5, 5.41) is 14.2. The zero-order chi connectivity index (χ0) is 20.1. The number of nitrogens with one attached hydrogen (secondary N) is 1.